The van der Waals surface area contributed by atoms with Crippen molar-refractivity contribution < 1.29 is 28.9 Å². The van der Waals surface area contributed by atoms with E-state index in [9.17, 15) is 5.21 Å². The van der Waals surface area contributed by atoms with E-state index in [4.69, 9.17) is 23.7 Å². The molecule has 0 saturated carbocycles. The zero-order valence-electron chi connectivity index (χ0n) is 19.7. The molecule has 1 saturated heterocycles. The topological polar surface area (TPSA) is 78.7 Å². The van der Waals surface area contributed by atoms with Crippen LogP contribution in [0.25, 0.3) is 0 Å². The summed E-state index contributed by atoms with van der Waals surface area (Å²) in [4.78, 5) is 0. The van der Waals surface area contributed by atoms with E-state index in [1.54, 1.807) is 7.11 Å². The van der Waals surface area contributed by atoms with Crippen LogP contribution >= 0.6 is 0 Å². The molecule has 7 heteroatoms. The van der Waals surface area contributed by atoms with Gasteiger partial charge in [0.25, 0.3) is 0 Å². The van der Waals surface area contributed by atoms with Crippen molar-refractivity contribution in [3.05, 3.63) is 108 Å². The smallest absolute Gasteiger partial charge is 0.186 e. The fourth-order valence-electron chi connectivity index (χ4n) is 4.07. The number of hydrogen-bond acceptors (Lipinski definition) is 7. The maximum Gasteiger partial charge on any atom is 0.186 e. The Morgan fingerprint density at radius 1 is 0.686 bits per heavy atom. The van der Waals surface area contributed by atoms with Crippen molar-refractivity contribution in [2.24, 2.45) is 5.16 Å². The van der Waals surface area contributed by atoms with Gasteiger partial charge < -0.3 is 28.9 Å². The van der Waals surface area contributed by atoms with Crippen molar-refractivity contribution in [3.8, 4) is 0 Å². The van der Waals surface area contributed by atoms with Gasteiger partial charge in [0, 0.05) is 7.11 Å². The third-order valence-corrected chi connectivity index (χ3v) is 5.83. The zero-order chi connectivity index (χ0) is 24.3. The summed E-state index contributed by atoms with van der Waals surface area (Å²) >= 11 is 0. The zero-order valence-corrected chi connectivity index (χ0v) is 19.7. The van der Waals surface area contributed by atoms with Crippen LogP contribution in [-0.2, 0) is 43.5 Å². The van der Waals surface area contributed by atoms with Crippen LogP contribution in [0, 0.1) is 0 Å². The Hall–Kier alpha value is -3.07. The van der Waals surface area contributed by atoms with Crippen LogP contribution in [0.1, 0.15) is 16.7 Å². The number of methoxy groups -OCH3 is 1. The highest BCUT2D eigenvalue weighted by molar-refractivity contribution is 5.63. The minimum absolute atomic E-state index is 0.332. The molecule has 1 N–H and O–H groups in total. The van der Waals surface area contributed by atoms with Crippen LogP contribution in [0.15, 0.2) is 96.2 Å². The summed E-state index contributed by atoms with van der Waals surface area (Å²) in [6.45, 7) is 1.03. The second-order valence-electron chi connectivity index (χ2n) is 8.25. The van der Waals surface area contributed by atoms with Crippen molar-refractivity contribution in [1.29, 1.82) is 0 Å². The fraction of sp³-hybridized carbons (Fsp3) is 0.321. The van der Waals surface area contributed by atoms with Gasteiger partial charge in [-0.05, 0) is 16.7 Å². The third kappa shape index (κ3) is 6.97. The van der Waals surface area contributed by atoms with Crippen molar-refractivity contribution in [1.82, 2.24) is 0 Å². The molecule has 0 aliphatic carbocycles. The lowest BCUT2D eigenvalue weighted by atomic mass is 9.98. The molecule has 0 radical (unpaired) electrons. The van der Waals surface area contributed by atoms with Crippen LogP contribution in [0.5, 0.6) is 0 Å². The third-order valence-electron chi connectivity index (χ3n) is 5.83. The number of oxime groups is 1. The summed E-state index contributed by atoms with van der Waals surface area (Å²) in [7, 11) is 1.55. The molecule has 0 unspecified atom stereocenters. The van der Waals surface area contributed by atoms with Crippen LogP contribution in [0.2, 0.25) is 0 Å². The first-order valence-corrected chi connectivity index (χ1v) is 11.6. The molecule has 0 spiro atoms. The van der Waals surface area contributed by atoms with Gasteiger partial charge in [-0.25, -0.2) is 0 Å². The summed E-state index contributed by atoms with van der Waals surface area (Å²) in [5.74, 6) is 0. The standard InChI is InChI=1S/C28H31NO6/c1-31-28-27(34-20-23-15-9-4-10-16-23)26(33-19-22-13-7-3-8-14-22)25(24(35-28)17-29-30)32-18-21-11-5-2-6-12-21/h2-17,24-28,30H,18-20H2,1H3/b29-17+/t24-,25-,26+,27-,28+/m1/s1. The van der Waals surface area contributed by atoms with Gasteiger partial charge in [0.05, 0.1) is 26.0 Å². The first-order chi connectivity index (χ1) is 17.3. The molecule has 0 amide bonds. The summed E-state index contributed by atoms with van der Waals surface area (Å²) in [6.07, 6.45) is -1.92. The highest BCUT2D eigenvalue weighted by atomic mass is 16.7. The molecular weight excluding hydrogens is 446 g/mol. The Balaban J connectivity index is 1.59. The van der Waals surface area contributed by atoms with Crippen LogP contribution in [0.3, 0.4) is 0 Å². The van der Waals surface area contributed by atoms with Gasteiger partial charge >= 0.3 is 0 Å². The highest BCUT2D eigenvalue weighted by Gasteiger charge is 2.48. The van der Waals surface area contributed by atoms with Gasteiger partial charge in [0.15, 0.2) is 6.29 Å². The summed E-state index contributed by atoms with van der Waals surface area (Å²) < 4.78 is 30.8. The maximum absolute atomic E-state index is 9.31. The molecule has 5 atom stereocenters. The number of rotatable bonds is 11. The average molecular weight is 478 g/mol. The SMILES string of the molecule is CO[C@H]1O[C@H](/C=N/O)[C@@H](OCc2ccccc2)[C@H](OCc2ccccc2)[C@H]1OCc1ccccc1. The summed E-state index contributed by atoms with van der Waals surface area (Å²) in [6, 6.07) is 29.6. The Morgan fingerprint density at radius 3 is 1.54 bits per heavy atom. The number of hydrogen-bond donors (Lipinski definition) is 1. The summed E-state index contributed by atoms with van der Waals surface area (Å²) in [5, 5.41) is 12.5. The average Bonchev–Trinajstić information content (AvgIpc) is 2.92. The first-order valence-electron chi connectivity index (χ1n) is 11.6. The monoisotopic (exact) mass is 477 g/mol. The lowest BCUT2D eigenvalue weighted by Crippen LogP contribution is -2.61. The van der Waals surface area contributed by atoms with Crippen molar-refractivity contribution >= 4 is 6.21 Å². The molecule has 7 nitrogen and oxygen atoms in total. The van der Waals surface area contributed by atoms with E-state index in [1.807, 2.05) is 91.0 Å². The number of ether oxygens (including phenoxy) is 5. The molecule has 35 heavy (non-hydrogen) atoms. The molecule has 1 aliphatic heterocycles. The second kappa shape index (κ2) is 13.1. The van der Waals surface area contributed by atoms with Crippen LogP contribution in [0.4, 0.5) is 0 Å². The van der Waals surface area contributed by atoms with E-state index in [0.717, 1.165) is 16.7 Å². The maximum atomic E-state index is 9.31. The first kappa shape index (κ1) is 25.0. The van der Waals surface area contributed by atoms with Gasteiger partial charge in [0.2, 0.25) is 0 Å². The Bertz CT molecular complexity index is 1020. The van der Waals surface area contributed by atoms with E-state index in [2.05, 4.69) is 5.16 Å². The van der Waals surface area contributed by atoms with Gasteiger partial charge in [-0.1, -0.05) is 96.2 Å². The van der Waals surface area contributed by atoms with E-state index in [1.165, 1.54) is 6.21 Å². The van der Waals surface area contributed by atoms with Gasteiger partial charge in [0.1, 0.15) is 24.4 Å². The highest BCUT2D eigenvalue weighted by Crippen LogP contribution is 2.30. The number of nitrogens with zero attached hydrogens (tertiary/aromatic N) is 1. The molecule has 3 aromatic carbocycles. The predicted octanol–water partition coefficient (Wildman–Crippen LogP) is 4.57. The molecular formula is C28H31NO6. The predicted molar refractivity (Wildman–Crippen MR) is 131 cm³/mol. The van der Waals surface area contributed by atoms with Crippen molar-refractivity contribution in [2.75, 3.05) is 7.11 Å². The Labute approximate surface area is 205 Å². The molecule has 3 aromatic rings. The molecule has 0 aromatic heterocycles. The minimum atomic E-state index is -0.751. The van der Waals surface area contributed by atoms with Crippen molar-refractivity contribution in [3.63, 3.8) is 0 Å². The van der Waals surface area contributed by atoms with E-state index < -0.39 is 30.7 Å². The normalized spacial score (nSPS) is 24.5. The largest absolute Gasteiger partial charge is 0.411 e. The van der Waals surface area contributed by atoms with Crippen LogP contribution < -0.4 is 0 Å². The van der Waals surface area contributed by atoms with Gasteiger partial charge in [-0.3, -0.25) is 0 Å². The molecule has 4 rings (SSSR count). The van der Waals surface area contributed by atoms with Gasteiger partial charge in [-0.2, -0.15) is 0 Å². The van der Waals surface area contributed by atoms with E-state index in [-0.39, 0.29) is 0 Å². The molecule has 1 fully saturated rings. The molecule has 0 bridgehead atoms. The molecule has 1 heterocycles. The van der Waals surface area contributed by atoms with Gasteiger partial charge in [-0.15, -0.1) is 0 Å². The quantitative estimate of drug-likeness (QED) is 0.248. The minimum Gasteiger partial charge on any atom is -0.411 e. The Morgan fingerprint density at radius 2 is 1.11 bits per heavy atom. The fourth-order valence-corrected chi connectivity index (χ4v) is 4.07. The summed E-state index contributed by atoms with van der Waals surface area (Å²) in [5.41, 5.74) is 3.04. The van der Waals surface area contributed by atoms with E-state index >= 15 is 0 Å². The van der Waals surface area contributed by atoms with E-state index in [0.29, 0.717) is 19.8 Å². The second-order valence-corrected chi connectivity index (χ2v) is 8.25. The molecule has 1 aliphatic rings. The van der Waals surface area contributed by atoms with Crippen LogP contribution in [-0.4, -0.2) is 49.2 Å². The van der Waals surface area contributed by atoms with Crippen molar-refractivity contribution in [2.45, 2.75) is 50.5 Å². The Kier molecular flexibility index (Phi) is 9.39. The number of benzene rings is 3. The lowest BCUT2D eigenvalue weighted by molar-refractivity contribution is -0.305. The lowest BCUT2D eigenvalue weighted by Gasteiger charge is -2.44. The molecule has 184 valence electrons.